The molecular weight excluding hydrogens is 384 g/mol. The Morgan fingerprint density at radius 2 is 1.93 bits per heavy atom. The van der Waals surface area contributed by atoms with E-state index in [-0.39, 0.29) is 11.6 Å². The van der Waals surface area contributed by atoms with Gasteiger partial charge in [0.1, 0.15) is 11.8 Å². The number of oxazole rings is 1. The minimum absolute atomic E-state index is 0.138. The molecule has 0 aliphatic carbocycles. The summed E-state index contributed by atoms with van der Waals surface area (Å²) in [6, 6.07) is 13.0. The Morgan fingerprint density at radius 3 is 2.57 bits per heavy atom. The third kappa shape index (κ3) is 4.05. The van der Waals surface area contributed by atoms with Crippen LogP contribution in [0.1, 0.15) is 27.7 Å². The molecule has 0 atom stereocenters. The molecule has 8 nitrogen and oxygen atoms in total. The van der Waals surface area contributed by atoms with Crippen molar-refractivity contribution in [3.05, 3.63) is 65.6 Å². The van der Waals surface area contributed by atoms with Crippen molar-refractivity contribution in [2.24, 2.45) is 0 Å². The average Bonchev–Trinajstić information content (AvgIpc) is 3.48. The number of methoxy groups -OCH3 is 1. The molecule has 0 bridgehead atoms. The van der Waals surface area contributed by atoms with Crippen LogP contribution in [0.3, 0.4) is 0 Å². The second-order valence-corrected chi connectivity index (χ2v) is 6.68. The van der Waals surface area contributed by atoms with E-state index in [0.717, 1.165) is 11.3 Å². The van der Waals surface area contributed by atoms with Crippen molar-refractivity contribution in [1.82, 2.24) is 9.88 Å². The summed E-state index contributed by atoms with van der Waals surface area (Å²) >= 11 is 0. The summed E-state index contributed by atoms with van der Waals surface area (Å²) in [5.74, 6) is 1.75. The first kappa shape index (κ1) is 19.3. The van der Waals surface area contributed by atoms with Crippen molar-refractivity contribution in [3.63, 3.8) is 0 Å². The number of hydrogen-bond donors (Lipinski definition) is 0. The van der Waals surface area contributed by atoms with E-state index in [2.05, 4.69) is 11.1 Å². The maximum atomic E-state index is 12.4. The average molecular weight is 404 g/mol. The summed E-state index contributed by atoms with van der Waals surface area (Å²) in [6.45, 7) is 2.08. The number of anilines is 1. The molecule has 2 aromatic heterocycles. The number of aromatic nitrogens is 1. The zero-order valence-corrected chi connectivity index (χ0v) is 16.4. The van der Waals surface area contributed by atoms with Gasteiger partial charge in [0, 0.05) is 32.3 Å². The molecule has 0 radical (unpaired) electrons. The fraction of sp³-hybridized carbons (Fsp3) is 0.227. The van der Waals surface area contributed by atoms with Gasteiger partial charge in [-0.1, -0.05) is 12.1 Å². The molecule has 1 saturated heterocycles. The topological polar surface area (TPSA) is 95.7 Å². The Labute approximate surface area is 173 Å². The molecule has 3 aromatic rings. The number of furan rings is 1. The number of carbonyl (C=O) groups is 1. The van der Waals surface area contributed by atoms with Gasteiger partial charge in [0.05, 0.1) is 13.4 Å². The lowest BCUT2D eigenvalue weighted by atomic mass is 10.2. The molecule has 0 spiro atoms. The highest BCUT2D eigenvalue weighted by Gasteiger charge is 2.27. The Hall–Kier alpha value is -3.99. The summed E-state index contributed by atoms with van der Waals surface area (Å²) in [7, 11) is 1.62. The first-order valence-electron chi connectivity index (χ1n) is 9.48. The van der Waals surface area contributed by atoms with E-state index in [1.165, 1.54) is 6.26 Å². The summed E-state index contributed by atoms with van der Waals surface area (Å²) < 4.78 is 16.2. The monoisotopic (exact) mass is 404 g/mol. The maximum Gasteiger partial charge on any atom is 0.289 e. The van der Waals surface area contributed by atoms with Crippen LogP contribution in [-0.4, -0.2) is 49.1 Å². The number of benzene rings is 1. The first-order valence-corrected chi connectivity index (χ1v) is 9.48. The highest BCUT2D eigenvalue weighted by Crippen LogP contribution is 2.25. The number of ether oxygens (including phenoxy) is 1. The van der Waals surface area contributed by atoms with Crippen molar-refractivity contribution >= 4 is 23.9 Å². The molecule has 30 heavy (non-hydrogen) atoms. The van der Waals surface area contributed by atoms with E-state index in [0.29, 0.717) is 43.7 Å². The minimum atomic E-state index is -0.138. The van der Waals surface area contributed by atoms with Gasteiger partial charge >= 0.3 is 0 Å². The van der Waals surface area contributed by atoms with Gasteiger partial charge in [-0.05, 0) is 35.9 Å². The predicted octanol–water partition coefficient (Wildman–Crippen LogP) is 3.28. The van der Waals surface area contributed by atoms with Gasteiger partial charge in [0.15, 0.2) is 5.76 Å². The van der Waals surface area contributed by atoms with Crippen LogP contribution in [0.4, 0.5) is 5.88 Å². The fourth-order valence-corrected chi connectivity index (χ4v) is 3.24. The van der Waals surface area contributed by atoms with Gasteiger partial charge in [-0.2, -0.15) is 10.2 Å². The van der Waals surface area contributed by atoms with Crippen molar-refractivity contribution in [2.45, 2.75) is 0 Å². The van der Waals surface area contributed by atoms with Crippen LogP contribution in [-0.2, 0) is 0 Å². The Morgan fingerprint density at radius 1 is 1.17 bits per heavy atom. The molecule has 4 rings (SSSR count). The number of carbonyl (C=O) groups excluding carboxylic acids is 1. The van der Waals surface area contributed by atoms with Gasteiger partial charge in [0.2, 0.25) is 17.5 Å². The van der Waals surface area contributed by atoms with Gasteiger partial charge < -0.3 is 23.4 Å². The third-order valence-corrected chi connectivity index (χ3v) is 4.85. The van der Waals surface area contributed by atoms with E-state index in [1.54, 1.807) is 30.2 Å². The lowest BCUT2D eigenvalue weighted by Gasteiger charge is -2.34. The van der Waals surface area contributed by atoms with E-state index in [1.807, 2.05) is 35.2 Å². The lowest BCUT2D eigenvalue weighted by Crippen LogP contribution is -2.48. The summed E-state index contributed by atoms with van der Waals surface area (Å²) in [5, 5.41) is 9.46. The van der Waals surface area contributed by atoms with Crippen LogP contribution < -0.4 is 9.64 Å². The standard InChI is InChI=1S/C22H20N4O4/c1-28-17-7-4-16(5-8-17)6-9-20-24-18(15-23)22(30-20)26-12-10-25(11-13-26)21(27)19-3-2-14-29-19/h2-9,14H,10-13H2,1H3. The van der Waals surface area contributed by atoms with E-state index in [9.17, 15) is 10.1 Å². The SMILES string of the molecule is COc1ccc(C=Cc2nc(C#N)c(N3CCN(C(=O)c4ccco4)CC3)o2)cc1. The van der Waals surface area contributed by atoms with Gasteiger partial charge in [0.25, 0.3) is 5.91 Å². The van der Waals surface area contributed by atoms with Crippen LogP contribution >= 0.6 is 0 Å². The number of amides is 1. The first-order chi connectivity index (χ1) is 14.7. The molecule has 1 aliphatic rings. The third-order valence-electron chi connectivity index (χ3n) is 4.85. The van der Waals surface area contributed by atoms with Crippen LogP contribution in [0.15, 0.2) is 51.5 Å². The molecule has 0 saturated carbocycles. The molecule has 152 valence electrons. The molecule has 1 aliphatic heterocycles. The van der Waals surface area contributed by atoms with E-state index < -0.39 is 0 Å². The highest BCUT2D eigenvalue weighted by molar-refractivity contribution is 5.91. The zero-order valence-electron chi connectivity index (χ0n) is 16.4. The molecule has 1 fully saturated rings. The number of nitriles is 1. The van der Waals surface area contributed by atoms with Gasteiger partial charge in [-0.25, -0.2) is 0 Å². The van der Waals surface area contributed by atoms with E-state index in [4.69, 9.17) is 13.6 Å². The smallest absolute Gasteiger partial charge is 0.289 e. The van der Waals surface area contributed by atoms with Crippen molar-refractivity contribution in [1.29, 1.82) is 5.26 Å². The largest absolute Gasteiger partial charge is 0.497 e. The summed E-state index contributed by atoms with van der Waals surface area (Å²) in [5.41, 5.74) is 1.19. The molecule has 3 heterocycles. The minimum Gasteiger partial charge on any atom is -0.497 e. The number of hydrogen-bond acceptors (Lipinski definition) is 7. The molecule has 1 amide bonds. The zero-order chi connectivity index (χ0) is 20.9. The Bertz CT molecular complexity index is 1070. The molecule has 0 unspecified atom stereocenters. The van der Waals surface area contributed by atoms with Gasteiger partial charge in [-0.15, -0.1) is 0 Å². The van der Waals surface area contributed by atoms with E-state index >= 15 is 0 Å². The lowest BCUT2D eigenvalue weighted by molar-refractivity contribution is 0.0713. The van der Waals surface area contributed by atoms with Crippen LogP contribution in [0.2, 0.25) is 0 Å². The summed E-state index contributed by atoms with van der Waals surface area (Å²) in [4.78, 5) is 20.3. The van der Waals surface area contributed by atoms with Crippen molar-refractivity contribution in [3.8, 4) is 11.8 Å². The summed E-state index contributed by atoms with van der Waals surface area (Å²) in [6.07, 6.45) is 5.07. The molecule has 0 N–H and O–H groups in total. The Kier molecular flexibility index (Phi) is 5.52. The molecular formula is C22H20N4O4. The molecule has 8 heteroatoms. The maximum absolute atomic E-state index is 12.4. The van der Waals surface area contributed by atoms with Crippen molar-refractivity contribution < 1.29 is 18.4 Å². The van der Waals surface area contributed by atoms with Gasteiger partial charge in [-0.3, -0.25) is 4.79 Å². The molecule has 1 aromatic carbocycles. The Balaban J connectivity index is 1.43. The number of nitrogens with zero attached hydrogens (tertiary/aromatic N) is 4. The normalized spacial score (nSPS) is 14.1. The number of rotatable bonds is 5. The number of piperazine rings is 1. The van der Waals surface area contributed by atoms with Crippen LogP contribution in [0.25, 0.3) is 12.2 Å². The second-order valence-electron chi connectivity index (χ2n) is 6.68. The van der Waals surface area contributed by atoms with Crippen molar-refractivity contribution in [2.75, 3.05) is 38.2 Å². The van der Waals surface area contributed by atoms with Crippen LogP contribution in [0.5, 0.6) is 5.75 Å². The second kappa shape index (κ2) is 8.57. The predicted molar refractivity (Wildman–Crippen MR) is 110 cm³/mol. The highest BCUT2D eigenvalue weighted by atomic mass is 16.5. The van der Waals surface area contributed by atoms with Crippen LogP contribution in [0, 0.1) is 11.3 Å². The quantitative estimate of drug-likeness (QED) is 0.644. The fourth-order valence-electron chi connectivity index (χ4n) is 3.24.